The maximum Gasteiger partial charge on any atom is 0.155 e. The van der Waals surface area contributed by atoms with Crippen LogP contribution in [0.5, 0.6) is 5.75 Å². The molecule has 0 saturated carbocycles. The Morgan fingerprint density at radius 3 is 2.33 bits per heavy atom. The third kappa shape index (κ3) is 9.65. The average Bonchev–Trinajstić information content (AvgIpc) is 2.57. The summed E-state index contributed by atoms with van der Waals surface area (Å²) in [7, 11) is 0. The van der Waals surface area contributed by atoms with Crippen molar-refractivity contribution in [2.24, 2.45) is 0 Å². The van der Waals surface area contributed by atoms with E-state index in [4.69, 9.17) is 14.2 Å². The highest BCUT2D eigenvalue weighted by Gasteiger charge is 2.03. The zero-order valence-electron chi connectivity index (χ0n) is 15.2. The van der Waals surface area contributed by atoms with Gasteiger partial charge in [0.05, 0.1) is 6.61 Å². The Kier molecular flexibility index (Phi) is 11.1. The quantitative estimate of drug-likeness (QED) is 0.527. The van der Waals surface area contributed by atoms with Crippen LogP contribution in [0.15, 0.2) is 24.3 Å². The predicted octanol–water partition coefficient (Wildman–Crippen LogP) is 3.38. The fourth-order valence-corrected chi connectivity index (χ4v) is 2.21. The van der Waals surface area contributed by atoms with Gasteiger partial charge in [-0.15, -0.1) is 0 Å². The molecule has 0 radical (unpaired) electrons. The van der Waals surface area contributed by atoms with Crippen LogP contribution in [0.4, 0.5) is 0 Å². The van der Waals surface area contributed by atoms with Crippen LogP contribution >= 0.6 is 0 Å². The fourth-order valence-electron chi connectivity index (χ4n) is 2.21. The van der Waals surface area contributed by atoms with E-state index in [1.165, 1.54) is 12.5 Å². The van der Waals surface area contributed by atoms with Gasteiger partial charge in [-0.1, -0.05) is 19.1 Å². The molecule has 0 spiro atoms. The van der Waals surface area contributed by atoms with E-state index in [0.29, 0.717) is 32.5 Å². The molecule has 5 nitrogen and oxygen atoms in total. The number of nitrogens with one attached hydrogen (secondary N) is 1. The van der Waals surface area contributed by atoms with Crippen LogP contribution in [0.1, 0.15) is 46.6 Å². The summed E-state index contributed by atoms with van der Waals surface area (Å²) < 4.78 is 16.4. The first-order valence-corrected chi connectivity index (χ1v) is 8.74. The van der Waals surface area contributed by atoms with Crippen molar-refractivity contribution in [3.05, 3.63) is 29.8 Å². The van der Waals surface area contributed by atoms with Gasteiger partial charge in [-0.25, -0.2) is 0 Å². The fraction of sp³-hybridized carbons (Fsp3) is 0.632. The SMILES string of the molecule is CCN[C@H](C)c1ccc(OCCCOCCCOCC(C)=O)cc1.[HH]. The Labute approximate surface area is 147 Å². The lowest BCUT2D eigenvalue weighted by atomic mass is 10.1. The minimum absolute atomic E-state index is 0. The van der Waals surface area contributed by atoms with Gasteiger partial charge in [0, 0.05) is 33.7 Å². The Bertz CT molecular complexity index is 453. The lowest BCUT2D eigenvalue weighted by molar-refractivity contribution is -0.121. The Morgan fingerprint density at radius 1 is 1.08 bits per heavy atom. The molecule has 1 aromatic rings. The maximum absolute atomic E-state index is 10.7. The van der Waals surface area contributed by atoms with E-state index in [9.17, 15) is 4.79 Å². The molecule has 138 valence electrons. The standard InChI is InChI=1S/C19H31NO4.H2/c1-4-20-17(3)18-7-9-19(10-8-18)24-14-6-12-22-11-5-13-23-15-16(2)21;/h7-10,17,20H,4-6,11-15H2,1-3H3;1H/t17-;/m1./s1. The number of ketones is 1. The summed E-state index contributed by atoms with van der Waals surface area (Å²) in [6.45, 7) is 9.46. The Balaban J connectivity index is 0.00000576. The second-order valence-corrected chi connectivity index (χ2v) is 5.77. The van der Waals surface area contributed by atoms with Crippen molar-refractivity contribution in [3.63, 3.8) is 0 Å². The molecule has 0 aliphatic carbocycles. The van der Waals surface area contributed by atoms with Crippen molar-refractivity contribution in [3.8, 4) is 5.75 Å². The van der Waals surface area contributed by atoms with Crippen LogP contribution in [0.3, 0.4) is 0 Å². The van der Waals surface area contributed by atoms with Crippen molar-refractivity contribution in [1.29, 1.82) is 0 Å². The Morgan fingerprint density at radius 2 is 1.71 bits per heavy atom. The minimum atomic E-state index is 0. The smallest absolute Gasteiger partial charge is 0.155 e. The highest BCUT2D eigenvalue weighted by Crippen LogP contribution is 2.17. The maximum atomic E-state index is 10.7. The average molecular weight is 339 g/mol. The third-order valence-corrected chi connectivity index (χ3v) is 3.47. The minimum Gasteiger partial charge on any atom is -0.494 e. The van der Waals surface area contributed by atoms with E-state index in [2.05, 4.69) is 31.3 Å². The molecular weight excluding hydrogens is 306 g/mol. The molecule has 0 aliphatic rings. The van der Waals surface area contributed by atoms with E-state index in [-0.39, 0.29) is 13.8 Å². The van der Waals surface area contributed by atoms with Crippen LogP contribution in [-0.4, -0.2) is 45.4 Å². The molecule has 24 heavy (non-hydrogen) atoms. The summed E-state index contributed by atoms with van der Waals surface area (Å²) >= 11 is 0. The first-order chi connectivity index (χ1) is 11.6. The van der Waals surface area contributed by atoms with E-state index in [1.807, 2.05) is 12.1 Å². The summed E-state index contributed by atoms with van der Waals surface area (Å²) in [6.07, 6.45) is 1.66. The number of Topliss-reactive ketones (excluding diaryl/α,β-unsaturated/α-hetero) is 1. The lowest BCUT2D eigenvalue weighted by Gasteiger charge is -2.13. The molecular formula is C19H33NO4. The third-order valence-electron chi connectivity index (χ3n) is 3.47. The molecule has 5 heteroatoms. The van der Waals surface area contributed by atoms with Gasteiger partial charge in [-0.3, -0.25) is 4.79 Å². The molecule has 0 amide bonds. The van der Waals surface area contributed by atoms with Crippen molar-refractivity contribution in [2.75, 3.05) is 39.6 Å². The number of carbonyl (C=O) groups is 1. The van der Waals surface area contributed by atoms with E-state index in [0.717, 1.165) is 25.1 Å². The normalized spacial score (nSPS) is 12.1. The monoisotopic (exact) mass is 339 g/mol. The van der Waals surface area contributed by atoms with Crippen LogP contribution in [0.2, 0.25) is 0 Å². The van der Waals surface area contributed by atoms with E-state index < -0.39 is 0 Å². The van der Waals surface area contributed by atoms with Crippen molar-refractivity contribution < 1.29 is 20.4 Å². The second kappa shape index (κ2) is 12.9. The molecule has 0 heterocycles. The number of benzene rings is 1. The van der Waals surface area contributed by atoms with Gasteiger partial charge >= 0.3 is 0 Å². The van der Waals surface area contributed by atoms with Crippen LogP contribution in [0, 0.1) is 0 Å². The number of hydrogen-bond donors (Lipinski definition) is 1. The van der Waals surface area contributed by atoms with Gasteiger partial charge in [0.1, 0.15) is 12.4 Å². The predicted molar refractivity (Wildman–Crippen MR) is 97.7 cm³/mol. The molecule has 0 fully saturated rings. The van der Waals surface area contributed by atoms with E-state index >= 15 is 0 Å². The van der Waals surface area contributed by atoms with Gasteiger partial charge in [0.2, 0.25) is 0 Å². The lowest BCUT2D eigenvalue weighted by Crippen LogP contribution is -2.17. The molecule has 0 saturated heterocycles. The molecule has 1 atom stereocenters. The number of ether oxygens (including phenoxy) is 3. The molecule has 1 aromatic carbocycles. The number of hydrogen-bond acceptors (Lipinski definition) is 5. The van der Waals surface area contributed by atoms with Gasteiger partial charge in [0.25, 0.3) is 0 Å². The summed E-state index contributed by atoms with van der Waals surface area (Å²) in [5.41, 5.74) is 1.26. The van der Waals surface area contributed by atoms with Crippen molar-refractivity contribution in [2.45, 2.75) is 39.7 Å². The summed E-state index contributed by atoms with van der Waals surface area (Å²) in [4.78, 5) is 10.7. The van der Waals surface area contributed by atoms with Gasteiger partial charge in [-0.2, -0.15) is 0 Å². The highest BCUT2D eigenvalue weighted by molar-refractivity contribution is 5.76. The van der Waals surface area contributed by atoms with Crippen LogP contribution < -0.4 is 10.1 Å². The summed E-state index contributed by atoms with van der Waals surface area (Å²) in [5.74, 6) is 0.942. The van der Waals surface area contributed by atoms with E-state index in [1.54, 1.807) is 0 Å². The molecule has 1 rings (SSSR count). The second-order valence-electron chi connectivity index (χ2n) is 5.77. The summed E-state index contributed by atoms with van der Waals surface area (Å²) in [5, 5.41) is 3.39. The largest absolute Gasteiger partial charge is 0.494 e. The highest BCUT2D eigenvalue weighted by atomic mass is 16.5. The van der Waals surface area contributed by atoms with Crippen LogP contribution in [-0.2, 0) is 14.3 Å². The molecule has 0 aliphatic heterocycles. The molecule has 0 aromatic heterocycles. The van der Waals surface area contributed by atoms with Crippen LogP contribution in [0.25, 0.3) is 0 Å². The summed E-state index contributed by atoms with van der Waals surface area (Å²) in [6, 6.07) is 8.57. The number of carbonyl (C=O) groups excluding carboxylic acids is 1. The molecule has 0 unspecified atom stereocenters. The van der Waals surface area contributed by atoms with Gasteiger partial charge in [0.15, 0.2) is 5.78 Å². The van der Waals surface area contributed by atoms with Gasteiger partial charge in [-0.05, 0) is 44.5 Å². The Hall–Kier alpha value is -1.43. The molecule has 1 N–H and O–H groups in total. The topological polar surface area (TPSA) is 56.8 Å². The number of rotatable bonds is 14. The first-order valence-electron chi connectivity index (χ1n) is 8.74. The van der Waals surface area contributed by atoms with Crippen molar-refractivity contribution in [1.82, 2.24) is 5.32 Å². The zero-order chi connectivity index (χ0) is 17.6. The molecule has 0 bridgehead atoms. The zero-order valence-corrected chi connectivity index (χ0v) is 15.2. The van der Waals surface area contributed by atoms with Gasteiger partial charge < -0.3 is 19.5 Å². The first kappa shape index (κ1) is 20.6. The van der Waals surface area contributed by atoms with Crippen molar-refractivity contribution >= 4 is 5.78 Å².